The van der Waals surface area contributed by atoms with Gasteiger partial charge in [0.15, 0.2) is 0 Å². The van der Waals surface area contributed by atoms with Crippen LogP contribution in [0, 0.1) is 11.3 Å². The molecule has 0 aromatic heterocycles. The van der Waals surface area contributed by atoms with Crippen LogP contribution in [0.15, 0.2) is 12.7 Å². The molecule has 0 radical (unpaired) electrons. The first-order valence-corrected chi connectivity index (χ1v) is 6.75. The second kappa shape index (κ2) is 6.20. The molecule has 1 rings (SSSR count). The topological polar surface area (TPSA) is 46.3 Å². The zero-order valence-corrected chi connectivity index (χ0v) is 11.2. The summed E-state index contributed by atoms with van der Waals surface area (Å²) < 4.78 is 0. The maximum atomic E-state index is 12.5. The second-order valence-electron chi connectivity index (χ2n) is 5.06. The fourth-order valence-electron chi connectivity index (χ4n) is 2.60. The number of hydrogen-bond donors (Lipinski definition) is 1. The molecule has 0 aromatic rings. The van der Waals surface area contributed by atoms with Crippen LogP contribution in [0.1, 0.15) is 39.5 Å². The quantitative estimate of drug-likeness (QED) is 0.746. The monoisotopic (exact) mass is 238 g/mol. The Kier molecular flexibility index (Phi) is 5.19. The van der Waals surface area contributed by atoms with Crippen LogP contribution in [0.25, 0.3) is 0 Å². The molecule has 1 aliphatic rings. The van der Waals surface area contributed by atoms with E-state index in [9.17, 15) is 4.79 Å². The Labute approximate surface area is 105 Å². The molecule has 1 fully saturated rings. The van der Waals surface area contributed by atoms with E-state index in [2.05, 4.69) is 20.4 Å². The van der Waals surface area contributed by atoms with Gasteiger partial charge in [-0.1, -0.05) is 19.9 Å². The molecule has 0 spiro atoms. The van der Waals surface area contributed by atoms with Crippen molar-refractivity contribution >= 4 is 5.91 Å². The summed E-state index contributed by atoms with van der Waals surface area (Å²) >= 11 is 0. The number of nitrogens with zero attached hydrogens (tertiary/aromatic N) is 1. The van der Waals surface area contributed by atoms with Crippen LogP contribution in [0.3, 0.4) is 0 Å². The average molecular weight is 238 g/mol. The van der Waals surface area contributed by atoms with Gasteiger partial charge in [0.2, 0.25) is 5.91 Å². The maximum absolute atomic E-state index is 12.5. The molecule has 2 N–H and O–H groups in total. The van der Waals surface area contributed by atoms with Gasteiger partial charge in [-0.05, 0) is 31.6 Å². The number of carbonyl (C=O) groups is 1. The third kappa shape index (κ3) is 2.89. The molecule has 98 valence electrons. The van der Waals surface area contributed by atoms with Crippen LogP contribution in [-0.4, -0.2) is 30.4 Å². The molecule has 0 bridgehead atoms. The predicted octanol–water partition coefficient (Wildman–Crippen LogP) is 2.18. The Morgan fingerprint density at radius 3 is 2.29 bits per heavy atom. The van der Waals surface area contributed by atoms with E-state index in [-0.39, 0.29) is 11.3 Å². The van der Waals surface area contributed by atoms with E-state index in [0.717, 1.165) is 38.8 Å². The lowest BCUT2D eigenvalue weighted by atomic mass is 9.80. The summed E-state index contributed by atoms with van der Waals surface area (Å²) in [6, 6.07) is 0. The van der Waals surface area contributed by atoms with Gasteiger partial charge >= 0.3 is 0 Å². The van der Waals surface area contributed by atoms with E-state index in [0.29, 0.717) is 12.5 Å². The van der Waals surface area contributed by atoms with Gasteiger partial charge in [-0.15, -0.1) is 6.58 Å². The van der Waals surface area contributed by atoms with Gasteiger partial charge in [0.1, 0.15) is 0 Å². The van der Waals surface area contributed by atoms with E-state index >= 15 is 0 Å². The minimum atomic E-state index is -0.332. The van der Waals surface area contributed by atoms with Crippen molar-refractivity contribution in [1.29, 1.82) is 0 Å². The van der Waals surface area contributed by atoms with Crippen LogP contribution in [0.5, 0.6) is 0 Å². The zero-order valence-electron chi connectivity index (χ0n) is 11.2. The fourth-order valence-corrected chi connectivity index (χ4v) is 2.60. The van der Waals surface area contributed by atoms with Crippen LogP contribution in [0.4, 0.5) is 0 Å². The van der Waals surface area contributed by atoms with Crippen LogP contribution >= 0.6 is 0 Å². The minimum absolute atomic E-state index is 0.257. The Balaban J connectivity index is 2.67. The predicted molar refractivity (Wildman–Crippen MR) is 71.6 cm³/mol. The molecule has 0 aliphatic carbocycles. The molecule has 17 heavy (non-hydrogen) atoms. The van der Waals surface area contributed by atoms with E-state index in [4.69, 9.17) is 5.73 Å². The van der Waals surface area contributed by atoms with E-state index in [1.165, 1.54) is 0 Å². The highest BCUT2D eigenvalue weighted by atomic mass is 16.2. The van der Waals surface area contributed by atoms with Crippen LogP contribution in [-0.2, 0) is 4.79 Å². The van der Waals surface area contributed by atoms with E-state index in [1.54, 1.807) is 0 Å². The van der Waals surface area contributed by atoms with Crippen molar-refractivity contribution in [1.82, 2.24) is 4.90 Å². The molecule has 0 unspecified atom stereocenters. The number of amides is 1. The molecule has 1 heterocycles. The number of rotatable bonds is 5. The Bertz CT molecular complexity index is 255. The highest BCUT2D eigenvalue weighted by Gasteiger charge is 2.37. The van der Waals surface area contributed by atoms with Gasteiger partial charge in [-0.25, -0.2) is 0 Å². The summed E-state index contributed by atoms with van der Waals surface area (Å²) in [4.78, 5) is 14.5. The Morgan fingerprint density at radius 1 is 1.41 bits per heavy atom. The van der Waals surface area contributed by atoms with Crippen molar-refractivity contribution in [3.8, 4) is 0 Å². The van der Waals surface area contributed by atoms with Crippen LogP contribution < -0.4 is 5.73 Å². The summed E-state index contributed by atoms with van der Waals surface area (Å²) in [5.41, 5.74) is 5.49. The summed E-state index contributed by atoms with van der Waals surface area (Å²) in [7, 11) is 0. The average Bonchev–Trinajstić information content (AvgIpc) is 2.41. The third-order valence-corrected chi connectivity index (χ3v) is 4.36. The summed E-state index contributed by atoms with van der Waals surface area (Å²) in [6.07, 6.45) is 5.77. The van der Waals surface area contributed by atoms with Gasteiger partial charge in [0.25, 0.3) is 0 Å². The molecule has 3 nitrogen and oxygen atoms in total. The van der Waals surface area contributed by atoms with Crippen molar-refractivity contribution in [3.63, 3.8) is 0 Å². The second-order valence-corrected chi connectivity index (χ2v) is 5.06. The minimum Gasteiger partial charge on any atom is -0.342 e. The highest BCUT2D eigenvalue weighted by Crippen LogP contribution is 2.30. The molecular weight excluding hydrogens is 212 g/mol. The molecule has 1 amide bonds. The summed E-state index contributed by atoms with van der Waals surface area (Å²) in [5, 5.41) is 0. The fraction of sp³-hybridized carbons (Fsp3) is 0.786. The van der Waals surface area contributed by atoms with Crippen molar-refractivity contribution in [3.05, 3.63) is 12.7 Å². The number of piperidine rings is 1. The summed E-state index contributed by atoms with van der Waals surface area (Å²) in [5.74, 6) is 0.835. The first kappa shape index (κ1) is 14.2. The molecule has 1 aliphatic heterocycles. The van der Waals surface area contributed by atoms with Gasteiger partial charge in [-0.3, -0.25) is 4.79 Å². The van der Waals surface area contributed by atoms with Crippen molar-refractivity contribution < 1.29 is 4.79 Å². The van der Waals surface area contributed by atoms with Crippen molar-refractivity contribution in [2.45, 2.75) is 39.5 Å². The van der Waals surface area contributed by atoms with Crippen molar-refractivity contribution in [2.24, 2.45) is 17.1 Å². The molecule has 1 saturated heterocycles. The van der Waals surface area contributed by atoms with Crippen LogP contribution in [0.2, 0.25) is 0 Å². The number of allylic oxidation sites excluding steroid dienone is 1. The molecule has 0 saturated carbocycles. The Morgan fingerprint density at radius 2 is 1.94 bits per heavy atom. The number of hydrogen-bond acceptors (Lipinski definition) is 2. The summed E-state index contributed by atoms with van der Waals surface area (Å²) in [6.45, 7) is 10.1. The first-order chi connectivity index (χ1) is 8.13. The molecule has 0 atom stereocenters. The largest absolute Gasteiger partial charge is 0.342 e. The standard InChI is InChI=1S/C14H26N2O/c1-4-12-7-9-16(10-8-12)13(17)14(5-2,6-3)11-15/h4,12H,1,5-11,15H2,2-3H3. The van der Waals surface area contributed by atoms with E-state index in [1.807, 2.05) is 11.0 Å². The van der Waals surface area contributed by atoms with Gasteiger partial charge in [0, 0.05) is 19.6 Å². The normalized spacial score (nSPS) is 18.2. The van der Waals surface area contributed by atoms with Gasteiger partial charge in [0.05, 0.1) is 5.41 Å². The first-order valence-electron chi connectivity index (χ1n) is 6.75. The molecule has 3 heteroatoms. The molecule has 0 aromatic carbocycles. The third-order valence-electron chi connectivity index (χ3n) is 4.36. The van der Waals surface area contributed by atoms with Gasteiger partial charge < -0.3 is 10.6 Å². The number of likely N-dealkylation sites (tertiary alicyclic amines) is 1. The van der Waals surface area contributed by atoms with Crippen molar-refractivity contribution in [2.75, 3.05) is 19.6 Å². The molecular formula is C14H26N2O. The lowest BCUT2D eigenvalue weighted by Gasteiger charge is -2.38. The smallest absolute Gasteiger partial charge is 0.230 e. The number of carbonyl (C=O) groups excluding carboxylic acids is 1. The highest BCUT2D eigenvalue weighted by molar-refractivity contribution is 5.83. The van der Waals surface area contributed by atoms with E-state index < -0.39 is 0 Å². The lowest BCUT2D eigenvalue weighted by Crippen LogP contribution is -2.50. The SMILES string of the molecule is C=CC1CCN(C(=O)C(CC)(CC)CN)CC1. The maximum Gasteiger partial charge on any atom is 0.230 e. The zero-order chi connectivity index (χ0) is 12.9. The number of nitrogens with two attached hydrogens (primary N) is 1. The lowest BCUT2D eigenvalue weighted by molar-refractivity contribution is -0.143. The van der Waals surface area contributed by atoms with Gasteiger partial charge in [-0.2, -0.15) is 0 Å². The Hall–Kier alpha value is -0.830.